The van der Waals surface area contributed by atoms with Crippen LogP contribution in [0, 0.1) is 0 Å². The highest BCUT2D eigenvalue weighted by atomic mass is 15.1. The summed E-state index contributed by atoms with van der Waals surface area (Å²) in [6, 6.07) is 69.0. The zero-order valence-corrected chi connectivity index (χ0v) is 29.4. The topological polar surface area (TPSA) is 3.24 Å². The van der Waals surface area contributed by atoms with Gasteiger partial charge in [0.25, 0.3) is 0 Å². The minimum atomic E-state index is 1.11. The second-order valence-electron chi connectivity index (χ2n) is 14.0. The number of hydrogen-bond donors (Lipinski definition) is 0. The third-order valence-electron chi connectivity index (χ3n) is 10.9. The van der Waals surface area contributed by atoms with Crippen molar-refractivity contribution >= 4 is 55.5 Å². The summed E-state index contributed by atoms with van der Waals surface area (Å²) in [4.78, 5) is 2.42. The molecule has 0 saturated carbocycles. The van der Waals surface area contributed by atoms with Crippen LogP contribution >= 0.6 is 0 Å². The van der Waals surface area contributed by atoms with Crippen molar-refractivity contribution in [1.82, 2.24) is 0 Å². The SMILES string of the molecule is C1=Cc2cc(-c3ccc(N(c4ccc(-c5cc6ccccc6c6ccccc56)cc4)c4ccc(-c5ccccc5)c5ccccc45)cc3)ccc2CC1. The highest BCUT2D eigenvalue weighted by Gasteiger charge is 2.18. The van der Waals surface area contributed by atoms with E-state index < -0.39 is 0 Å². The summed E-state index contributed by atoms with van der Waals surface area (Å²) in [7, 11) is 0. The number of aryl methyl sites for hydroxylation is 1. The van der Waals surface area contributed by atoms with Crippen molar-refractivity contribution in [2.75, 3.05) is 4.90 Å². The monoisotopic (exact) mass is 675 g/mol. The molecule has 0 unspecified atom stereocenters. The highest BCUT2D eigenvalue weighted by molar-refractivity contribution is 6.14. The third-order valence-corrected chi connectivity index (χ3v) is 10.9. The normalized spacial score (nSPS) is 12.3. The molecule has 53 heavy (non-hydrogen) atoms. The van der Waals surface area contributed by atoms with E-state index in [0.29, 0.717) is 0 Å². The average molecular weight is 676 g/mol. The van der Waals surface area contributed by atoms with Crippen LogP contribution in [0.1, 0.15) is 17.5 Å². The molecule has 0 spiro atoms. The Hall–Kier alpha value is -6.70. The molecule has 0 N–H and O–H groups in total. The largest absolute Gasteiger partial charge is 0.310 e. The van der Waals surface area contributed by atoms with Gasteiger partial charge in [0.1, 0.15) is 0 Å². The lowest BCUT2D eigenvalue weighted by Gasteiger charge is -2.28. The summed E-state index contributed by atoms with van der Waals surface area (Å²) in [5, 5.41) is 7.55. The van der Waals surface area contributed by atoms with E-state index in [9.17, 15) is 0 Å². The first-order valence-corrected chi connectivity index (χ1v) is 18.6. The smallest absolute Gasteiger partial charge is 0.0540 e. The second kappa shape index (κ2) is 13.1. The van der Waals surface area contributed by atoms with E-state index in [1.54, 1.807) is 0 Å². The molecule has 0 aliphatic heterocycles. The van der Waals surface area contributed by atoms with Crippen molar-refractivity contribution in [1.29, 1.82) is 0 Å². The molecule has 1 nitrogen and oxygen atoms in total. The zero-order chi connectivity index (χ0) is 35.1. The first kappa shape index (κ1) is 31.1. The van der Waals surface area contributed by atoms with Crippen LogP contribution in [-0.2, 0) is 6.42 Å². The van der Waals surface area contributed by atoms with E-state index in [2.05, 4.69) is 205 Å². The van der Waals surface area contributed by atoms with E-state index in [-0.39, 0.29) is 0 Å². The van der Waals surface area contributed by atoms with Crippen molar-refractivity contribution in [3.8, 4) is 33.4 Å². The summed E-state index contributed by atoms with van der Waals surface area (Å²) in [5.74, 6) is 0. The summed E-state index contributed by atoms with van der Waals surface area (Å²) in [5.41, 5.74) is 13.5. The Kier molecular flexibility index (Phi) is 7.69. The Bertz CT molecular complexity index is 2810. The van der Waals surface area contributed by atoms with E-state index in [0.717, 1.165) is 29.9 Å². The van der Waals surface area contributed by atoms with Gasteiger partial charge in [0.2, 0.25) is 0 Å². The minimum absolute atomic E-state index is 1.11. The zero-order valence-electron chi connectivity index (χ0n) is 29.4. The van der Waals surface area contributed by atoms with Crippen molar-refractivity contribution in [3.05, 3.63) is 205 Å². The molecular formula is C52H37N. The molecule has 0 radical (unpaired) electrons. The van der Waals surface area contributed by atoms with Crippen LogP contribution in [0.25, 0.3) is 71.8 Å². The Morgan fingerprint density at radius 3 is 1.72 bits per heavy atom. The third kappa shape index (κ3) is 5.59. The van der Waals surface area contributed by atoms with Gasteiger partial charge in [-0.25, -0.2) is 0 Å². The predicted octanol–water partition coefficient (Wildman–Crippen LogP) is 14.6. The number of benzene rings is 9. The molecule has 10 rings (SSSR count). The van der Waals surface area contributed by atoms with Crippen LogP contribution in [0.15, 0.2) is 194 Å². The average Bonchev–Trinajstić information content (AvgIpc) is 3.24. The molecule has 0 fully saturated rings. The van der Waals surface area contributed by atoms with Gasteiger partial charge in [-0.05, 0) is 127 Å². The number of nitrogens with zero attached hydrogens (tertiary/aromatic N) is 1. The maximum Gasteiger partial charge on any atom is 0.0540 e. The molecule has 1 aliphatic carbocycles. The number of allylic oxidation sites excluding steroid dienone is 1. The molecule has 1 aliphatic rings. The van der Waals surface area contributed by atoms with Gasteiger partial charge < -0.3 is 4.90 Å². The molecule has 0 atom stereocenters. The Labute approximate surface area is 310 Å². The van der Waals surface area contributed by atoms with Crippen LogP contribution in [0.3, 0.4) is 0 Å². The van der Waals surface area contributed by atoms with Crippen molar-refractivity contribution in [2.45, 2.75) is 12.8 Å². The predicted molar refractivity (Wildman–Crippen MR) is 227 cm³/mol. The van der Waals surface area contributed by atoms with E-state index in [1.165, 1.54) is 76.8 Å². The summed E-state index contributed by atoms with van der Waals surface area (Å²) >= 11 is 0. The number of fused-ring (bicyclic) bond motifs is 5. The van der Waals surface area contributed by atoms with E-state index in [4.69, 9.17) is 0 Å². The van der Waals surface area contributed by atoms with Gasteiger partial charge in [-0.3, -0.25) is 0 Å². The summed E-state index contributed by atoms with van der Waals surface area (Å²) in [6.45, 7) is 0. The molecule has 0 bridgehead atoms. The Morgan fingerprint density at radius 1 is 0.377 bits per heavy atom. The fourth-order valence-electron chi connectivity index (χ4n) is 8.27. The van der Waals surface area contributed by atoms with Crippen molar-refractivity contribution in [3.63, 3.8) is 0 Å². The fourth-order valence-corrected chi connectivity index (χ4v) is 8.27. The van der Waals surface area contributed by atoms with Gasteiger partial charge in [-0.1, -0.05) is 158 Å². The van der Waals surface area contributed by atoms with Gasteiger partial charge >= 0.3 is 0 Å². The Balaban J connectivity index is 1.11. The maximum absolute atomic E-state index is 2.42. The van der Waals surface area contributed by atoms with Gasteiger partial charge in [0.15, 0.2) is 0 Å². The molecular weight excluding hydrogens is 639 g/mol. The first-order valence-electron chi connectivity index (χ1n) is 18.6. The molecule has 0 aromatic heterocycles. The number of anilines is 3. The fraction of sp³-hybridized carbons (Fsp3) is 0.0385. The van der Waals surface area contributed by atoms with Gasteiger partial charge in [-0.2, -0.15) is 0 Å². The molecule has 250 valence electrons. The molecule has 9 aromatic rings. The lowest BCUT2D eigenvalue weighted by molar-refractivity contribution is 0.986. The highest BCUT2D eigenvalue weighted by Crippen LogP contribution is 2.43. The lowest BCUT2D eigenvalue weighted by Crippen LogP contribution is -2.10. The van der Waals surface area contributed by atoms with Crippen molar-refractivity contribution in [2.24, 2.45) is 0 Å². The van der Waals surface area contributed by atoms with E-state index >= 15 is 0 Å². The van der Waals surface area contributed by atoms with Crippen LogP contribution < -0.4 is 4.90 Å². The number of rotatable bonds is 6. The quantitative estimate of drug-likeness (QED) is 0.159. The minimum Gasteiger partial charge on any atom is -0.310 e. The van der Waals surface area contributed by atoms with Gasteiger partial charge in [0, 0.05) is 16.8 Å². The van der Waals surface area contributed by atoms with Gasteiger partial charge in [-0.15, -0.1) is 0 Å². The van der Waals surface area contributed by atoms with Crippen LogP contribution in [0.2, 0.25) is 0 Å². The van der Waals surface area contributed by atoms with Crippen LogP contribution in [-0.4, -0.2) is 0 Å². The molecule has 0 heterocycles. The molecule has 9 aromatic carbocycles. The van der Waals surface area contributed by atoms with Crippen LogP contribution in [0.5, 0.6) is 0 Å². The van der Waals surface area contributed by atoms with Crippen molar-refractivity contribution < 1.29 is 0 Å². The van der Waals surface area contributed by atoms with E-state index in [1.807, 2.05) is 0 Å². The molecule has 1 heteroatoms. The number of hydrogen-bond acceptors (Lipinski definition) is 1. The summed E-state index contributed by atoms with van der Waals surface area (Å²) < 4.78 is 0. The molecule has 0 saturated heterocycles. The maximum atomic E-state index is 2.42. The van der Waals surface area contributed by atoms with Crippen LogP contribution in [0.4, 0.5) is 17.1 Å². The second-order valence-corrected chi connectivity index (χ2v) is 14.0. The summed E-state index contributed by atoms with van der Waals surface area (Å²) in [6.07, 6.45) is 6.80. The van der Waals surface area contributed by atoms with Gasteiger partial charge in [0.05, 0.1) is 5.69 Å². The lowest BCUT2D eigenvalue weighted by atomic mass is 9.93. The Morgan fingerprint density at radius 2 is 0.962 bits per heavy atom. The standard InChI is InChI=1S/C52H37N/c1-2-13-38(14-3-1)46-32-33-52(50-21-11-10-19-48(46)50)53(43-28-24-37(25-29-43)41-23-22-36-12-4-5-15-40(36)34-41)44-30-26-39(27-31-44)51-35-42-16-6-7-17-45(42)47-18-8-9-20-49(47)51/h1-3,5-11,13-35H,4,12H2. The molecule has 0 amide bonds. The first-order chi connectivity index (χ1) is 26.3.